The van der Waals surface area contributed by atoms with Crippen LogP contribution in [0.5, 0.6) is 11.5 Å². The maximum absolute atomic E-state index is 11.1. The number of nitro benzene ring substituents is 2. The Balaban J connectivity index is 2.28. The topological polar surface area (TPSA) is 129 Å². The summed E-state index contributed by atoms with van der Waals surface area (Å²) in [5.41, 5.74) is 2.32. The van der Waals surface area contributed by atoms with Crippen LogP contribution in [0.2, 0.25) is 0 Å². The largest absolute Gasteiger partial charge is 0.493 e. The van der Waals surface area contributed by atoms with Crippen LogP contribution in [-0.2, 0) is 0 Å². The Bertz CT molecular complexity index is 887. The molecule has 0 bridgehead atoms. The normalized spacial score (nSPS) is 10.6. The summed E-state index contributed by atoms with van der Waals surface area (Å²) >= 11 is 3.36. The highest BCUT2D eigenvalue weighted by molar-refractivity contribution is 9.10. The van der Waals surface area contributed by atoms with Gasteiger partial charge in [0.2, 0.25) is 0 Å². The van der Waals surface area contributed by atoms with E-state index in [0.717, 1.165) is 12.1 Å². The summed E-state index contributed by atoms with van der Waals surface area (Å²) < 4.78 is 11.0. The molecule has 0 fully saturated rings. The monoisotopic (exact) mass is 424 g/mol. The lowest BCUT2D eigenvalue weighted by atomic mass is 10.2. The van der Waals surface area contributed by atoms with Gasteiger partial charge in [0.1, 0.15) is 5.69 Å². The molecule has 136 valence electrons. The summed E-state index contributed by atoms with van der Waals surface area (Å²) in [6, 6.07) is 6.59. The molecule has 0 saturated carbocycles. The van der Waals surface area contributed by atoms with E-state index in [1.807, 2.05) is 0 Å². The van der Waals surface area contributed by atoms with Crippen LogP contribution >= 0.6 is 15.9 Å². The zero-order valence-electron chi connectivity index (χ0n) is 13.6. The van der Waals surface area contributed by atoms with Gasteiger partial charge in [-0.3, -0.25) is 25.7 Å². The molecule has 10 nitrogen and oxygen atoms in total. The van der Waals surface area contributed by atoms with Crippen molar-refractivity contribution in [1.82, 2.24) is 0 Å². The number of methoxy groups -OCH3 is 2. The Morgan fingerprint density at radius 2 is 1.73 bits per heavy atom. The fourth-order valence-corrected chi connectivity index (χ4v) is 2.44. The van der Waals surface area contributed by atoms with Crippen molar-refractivity contribution in [2.24, 2.45) is 5.10 Å². The highest BCUT2D eigenvalue weighted by Crippen LogP contribution is 2.33. The van der Waals surface area contributed by atoms with Gasteiger partial charge in [0.05, 0.1) is 36.3 Å². The van der Waals surface area contributed by atoms with Crippen molar-refractivity contribution in [2.75, 3.05) is 19.6 Å². The van der Waals surface area contributed by atoms with Crippen LogP contribution in [0.4, 0.5) is 17.1 Å². The Kier molecular flexibility index (Phi) is 6.07. The van der Waals surface area contributed by atoms with Crippen molar-refractivity contribution in [3.05, 3.63) is 60.6 Å². The number of hydrazone groups is 1. The van der Waals surface area contributed by atoms with Crippen molar-refractivity contribution in [3.63, 3.8) is 0 Å². The average Bonchev–Trinajstić information content (AvgIpc) is 2.62. The Morgan fingerprint density at radius 1 is 1.08 bits per heavy atom. The van der Waals surface area contributed by atoms with Crippen molar-refractivity contribution < 1.29 is 19.3 Å². The predicted octanol–water partition coefficient (Wildman–Crippen LogP) is 3.73. The van der Waals surface area contributed by atoms with Crippen LogP contribution < -0.4 is 14.9 Å². The fraction of sp³-hybridized carbons (Fsp3) is 0.133. The van der Waals surface area contributed by atoms with Gasteiger partial charge in [0.25, 0.3) is 5.69 Å². The van der Waals surface area contributed by atoms with E-state index >= 15 is 0 Å². The zero-order chi connectivity index (χ0) is 19.3. The molecule has 2 aromatic carbocycles. The van der Waals surface area contributed by atoms with Gasteiger partial charge < -0.3 is 9.47 Å². The summed E-state index contributed by atoms with van der Waals surface area (Å²) in [5, 5.41) is 25.8. The molecule has 1 N–H and O–H groups in total. The minimum absolute atomic E-state index is 0.0217. The molecule has 2 aromatic rings. The lowest BCUT2D eigenvalue weighted by Gasteiger charge is -2.09. The summed E-state index contributed by atoms with van der Waals surface area (Å²) in [5.74, 6) is 1.01. The van der Waals surface area contributed by atoms with Crippen LogP contribution in [0.1, 0.15) is 5.56 Å². The third kappa shape index (κ3) is 4.25. The third-order valence-electron chi connectivity index (χ3n) is 3.28. The summed E-state index contributed by atoms with van der Waals surface area (Å²) in [7, 11) is 3.00. The van der Waals surface area contributed by atoms with E-state index in [0.29, 0.717) is 21.5 Å². The van der Waals surface area contributed by atoms with Crippen LogP contribution in [-0.4, -0.2) is 30.3 Å². The second-order valence-electron chi connectivity index (χ2n) is 4.81. The van der Waals surface area contributed by atoms with Crippen molar-refractivity contribution in [2.45, 2.75) is 0 Å². The van der Waals surface area contributed by atoms with Crippen molar-refractivity contribution >= 4 is 39.2 Å². The number of nitrogens with one attached hydrogen (secondary N) is 1. The molecule has 0 aromatic heterocycles. The van der Waals surface area contributed by atoms with Crippen LogP contribution in [0.15, 0.2) is 39.9 Å². The summed E-state index contributed by atoms with van der Waals surface area (Å²) in [6.07, 6.45) is 1.41. The molecule has 0 heterocycles. The number of hydrogen-bond donors (Lipinski definition) is 1. The lowest BCUT2D eigenvalue weighted by molar-refractivity contribution is -0.393. The molecular formula is C15H13BrN4O6. The highest BCUT2D eigenvalue weighted by Gasteiger charge is 2.19. The van der Waals surface area contributed by atoms with Gasteiger partial charge in [-0.1, -0.05) is 0 Å². The molecule has 26 heavy (non-hydrogen) atoms. The van der Waals surface area contributed by atoms with E-state index in [2.05, 4.69) is 26.5 Å². The third-order valence-corrected chi connectivity index (χ3v) is 3.97. The summed E-state index contributed by atoms with van der Waals surface area (Å²) in [4.78, 5) is 20.4. The first-order valence-corrected chi connectivity index (χ1v) is 7.80. The van der Waals surface area contributed by atoms with Gasteiger partial charge in [0.15, 0.2) is 11.5 Å². The molecule has 0 aliphatic rings. The molecule has 0 unspecified atom stereocenters. The van der Waals surface area contributed by atoms with Gasteiger partial charge in [0, 0.05) is 16.1 Å². The zero-order valence-corrected chi connectivity index (χ0v) is 15.2. The van der Waals surface area contributed by atoms with Crippen LogP contribution in [0, 0.1) is 20.2 Å². The van der Waals surface area contributed by atoms with E-state index < -0.39 is 15.5 Å². The standard InChI is InChI=1S/C15H13BrN4O6/c1-25-14-5-9(11(16)7-15(14)26-2)8-17-18-12-4-3-10(19(21)22)6-13(12)20(23)24/h3-8,18H,1-2H3/b17-8+. The SMILES string of the molecule is COc1cc(Br)c(/C=N/Nc2ccc([N+](=O)[O-])cc2[N+](=O)[O-])cc1OC. The highest BCUT2D eigenvalue weighted by atomic mass is 79.9. The minimum atomic E-state index is -0.725. The Morgan fingerprint density at radius 3 is 2.31 bits per heavy atom. The number of nitro groups is 2. The Labute approximate surface area is 155 Å². The number of halogens is 1. The number of hydrogen-bond acceptors (Lipinski definition) is 8. The molecule has 2 rings (SSSR count). The first-order chi connectivity index (χ1) is 12.4. The molecule has 0 radical (unpaired) electrons. The number of benzene rings is 2. The lowest BCUT2D eigenvalue weighted by Crippen LogP contribution is -1.99. The second kappa shape index (κ2) is 8.25. The van der Waals surface area contributed by atoms with E-state index in [4.69, 9.17) is 9.47 Å². The van der Waals surface area contributed by atoms with Gasteiger partial charge in [-0.25, -0.2) is 0 Å². The minimum Gasteiger partial charge on any atom is -0.493 e. The van der Waals surface area contributed by atoms with E-state index in [-0.39, 0.29) is 11.4 Å². The molecular weight excluding hydrogens is 412 g/mol. The van der Waals surface area contributed by atoms with Crippen LogP contribution in [0.25, 0.3) is 0 Å². The molecule has 0 amide bonds. The number of rotatable bonds is 7. The second-order valence-corrected chi connectivity index (χ2v) is 5.67. The van der Waals surface area contributed by atoms with Gasteiger partial charge in [-0.15, -0.1) is 0 Å². The first kappa shape index (κ1) is 19.1. The number of non-ortho nitro benzene ring substituents is 1. The van der Waals surface area contributed by atoms with E-state index in [1.165, 1.54) is 26.5 Å². The van der Waals surface area contributed by atoms with Crippen LogP contribution in [0.3, 0.4) is 0 Å². The van der Waals surface area contributed by atoms with Gasteiger partial charge in [-0.2, -0.15) is 5.10 Å². The number of nitrogens with zero attached hydrogens (tertiary/aromatic N) is 3. The maximum atomic E-state index is 11.1. The first-order valence-electron chi connectivity index (χ1n) is 7.00. The van der Waals surface area contributed by atoms with Crippen molar-refractivity contribution in [1.29, 1.82) is 0 Å². The Hall–Kier alpha value is -3.21. The quantitative estimate of drug-likeness (QED) is 0.407. The maximum Gasteiger partial charge on any atom is 0.301 e. The van der Waals surface area contributed by atoms with E-state index in [1.54, 1.807) is 12.1 Å². The fourth-order valence-electron chi connectivity index (χ4n) is 2.02. The smallest absolute Gasteiger partial charge is 0.301 e. The summed E-state index contributed by atoms with van der Waals surface area (Å²) in [6.45, 7) is 0. The molecule has 0 atom stereocenters. The molecule has 0 aliphatic heterocycles. The predicted molar refractivity (Wildman–Crippen MR) is 98.2 cm³/mol. The molecule has 11 heteroatoms. The molecule has 0 spiro atoms. The molecule has 0 saturated heterocycles. The van der Waals surface area contributed by atoms with Gasteiger partial charge in [-0.05, 0) is 34.1 Å². The number of anilines is 1. The van der Waals surface area contributed by atoms with Crippen molar-refractivity contribution in [3.8, 4) is 11.5 Å². The van der Waals surface area contributed by atoms with Gasteiger partial charge >= 0.3 is 5.69 Å². The number of ether oxygens (including phenoxy) is 2. The average molecular weight is 425 g/mol. The van der Waals surface area contributed by atoms with E-state index in [9.17, 15) is 20.2 Å². The molecule has 0 aliphatic carbocycles.